The zero-order valence-corrected chi connectivity index (χ0v) is 29.6. The molecule has 1 aromatic heterocycles. The molecule has 0 unspecified atom stereocenters. The van der Waals surface area contributed by atoms with E-state index in [1.165, 1.54) is 33.0 Å². The lowest BCUT2D eigenvalue weighted by atomic mass is 9.97. The van der Waals surface area contributed by atoms with Crippen molar-refractivity contribution in [2.24, 2.45) is 0 Å². The van der Waals surface area contributed by atoms with Crippen molar-refractivity contribution in [2.45, 2.75) is 0 Å². The van der Waals surface area contributed by atoms with Crippen LogP contribution in [0.15, 0.2) is 217 Å². The Balaban J connectivity index is 1.05. The molecule has 0 spiro atoms. The molecule has 0 radical (unpaired) electrons. The highest BCUT2D eigenvalue weighted by molar-refractivity contribution is 6.09. The average Bonchev–Trinajstić information content (AvgIpc) is 3.64. The molecule has 9 aromatic carbocycles. The lowest BCUT2D eigenvalue weighted by Gasteiger charge is -2.28. The molecule has 0 saturated carbocycles. The molecule has 1 heterocycles. The molecule has 0 aliphatic carbocycles. The molecule has 0 N–H and O–H groups in total. The van der Waals surface area contributed by atoms with Gasteiger partial charge in [0, 0.05) is 33.3 Å². The Kier molecular flexibility index (Phi) is 7.85. The number of hydrogen-bond acceptors (Lipinski definition) is 2. The Labute approximate surface area is 314 Å². The zero-order valence-electron chi connectivity index (χ0n) is 29.6. The number of anilines is 3. The number of para-hydroxylation sites is 3. The summed E-state index contributed by atoms with van der Waals surface area (Å²) < 4.78 is 6.40. The van der Waals surface area contributed by atoms with Crippen LogP contribution in [0.1, 0.15) is 0 Å². The minimum absolute atomic E-state index is 0.910. The molecule has 0 bridgehead atoms. The highest BCUT2D eigenvalue weighted by Gasteiger charge is 2.18. The molecular weight excluding hydrogens is 655 g/mol. The van der Waals surface area contributed by atoms with Crippen molar-refractivity contribution < 1.29 is 4.42 Å². The van der Waals surface area contributed by atoms with Crippen LogP contribution in [-0.4, -0.2) is 0 Å². The monoisotopic (exact) mass is 689 g/mol. The molecule has 10 aromatic rings. The Morgan fingerprint density at radius 3 is 1.69 bits per heavy atom. The van der Waals surface area contributed by atoms with Gasteiger partial charge < -0.3 is 9.32 Å². The molecule has 54 heavy (non-hydrogen) atoms. The Bertz CT molecular complexity index is 2920. The second kappa shape index (κ2) is 13.4. The largest absolute Gasteiger partial charge is 0.455 e. The van der Waals surface area contributed by atoms with Crippen molar-refractivity contribution in [3.05, 3.63) is 212 Å². The summed E-state index contributed by atoms with van der Waals surface area (Å²) in [5, 5.41) is 4.78. The summed E-state index contributed by atoms with van der Waals surface area (Å²) in [7, 11) is 0. The van der Waals surface area contributed by atoms with Crippen molar-refractivity contribution in [3.8, 4) is 44.5 Å². The third-order valence-electron chi connectivity index (χ3n) is 10.5. The summed E-state index contributed by atoms with van der Waals surface area (Å²) in [5.74, 6) is 0. The maximum Gasteiger partial charge on any atom is 0.143 e. The highest BCUT2D eigenvalue weighted by Crippen LogP contribution is 2.43. The second-order valence-corrected chi connectivity index (χ2v) is 13.7. The van der Waals surface area contributed by atoms with Gasteiger partial charge >= 0.3 is 0 Å². The third-order valence-corrected chi connectivity index (χ3v) is 10.5. The summed E-state index contributed by atoms with van der Waals surface area (Å²) >= 11 is 0. The minimum Gasteiger partial charge on any atom is -0.455 e. The van der Waals surface area contributed by atoms with E-state index >= 15 is 0 Å². The first-order valence-corrected chi connectivity index (χ1v) is 18.4. The van der Waals surface area contributed by atoms with E-state index in [9.17, 15) is 0 Å². The minimum atomic E-state index is 0.910. The fourth-order valence-electron chi connectivity index (χ4n) is 7.87. The highest BCUT2D eigenvalue weighted by atomic mass is 16.3. The van der Waals surface area contributed by atoms with Gasteiger partial charge in [-0.2, -0.15) is 0 Å². The molecule has 0 atom stereocenters. The topological polar surface area (TPSA) is 16.4 Å². The van der Waals surface area contributed by atoms with Crippen molar-refractivity contribution in [3.63, 3.8) is 0 Å². The molecule has 0 fully saturated rings. The van der Waals surface area contributed by atoms with E-state index in [4.69, 9.17) is 4.42 Å². The second-order valence-electron chi connectivity index (χ2n) is 13.7. The van der Waals surface area contributed by atoms with Gasteiger partial charge in [-0.1, -0.05) is 170 Å². The quantitative estimate of drug-likeness (QED) is 0.166. The van der Waals surface area contributed by atoms with Gasteiger partial charge in [-0.25, -0.2) is 0 Å². The number of hydrogen-bond donors (Lipinski definition) is 0. The van der Waals surface area contributed by atoms with Crippen LogP contribution in [0.3, 0.4) is 0 Å². The smallest absolute Gasteiger partial charge is 0.143 e. The van der Waals surface area contributed by atoms with Crippen molar-refractivity contribution in [1.82, 2.24) is 0 Å². The molecule has 10 rings (SSSR count). The van der Waals surface area contributed by atoms with Gasteiger partial charge in [0.2, 0.25) is 0 Å². The van der Waals surface area contributed by atoms with Crippen LogP contribution >= 0.6 is 0 Å². The van der Waals surface area contributed by atoms with Crippen LogP contribution in [-0.2, 0) is 0 Å². The van der Waals surface area contributed by atoms with E-state index in [0.29, 0.717) is 0 Å². The number of furan rings is 1. The number of nitrogens with zero attached hydrogens (tertiary/aromatic N) is 1. The maximum atomic E-state index is 6.40. The number of fused-ring (bicyclic) bond motifs is 4. The summed E-state index contributed by atoms with van der Waals surface area (Å²) in [6, 6.07) is 75.8. The number of rotatable bonds is 7. The van der Waals surface area contributed by atoms with E-state index < -0.39 is 0 Å². The molecule has 0 aliphatic heterocycles. The van der Waals surface area contributed by atoms with Gasteiger partial charge in [-0.15, -0.1) is 0 Å². The molecule has 254 valence electrons. The summed E-state index contributed by atoms with van der Waals surface area (Å²) in [4.78, 5) is 2.37. The SMILES string of the molecule is c1ccc(-c2ccccc2N(c2ccc(-c3cccc(-c4cccc5c4oc4ccccc45)c3)cc2)c2ccc(-c3cccc4ccccc34)cc2)cc1. The van der Waals surface area contributed by atoms with Crippen LogP contribution in [0.25, 0.3) is 77.2 Å². The van der Waals surface area contributed by atoms with Gasteiger partial charge in [-0.05, 0) is 86.6 Å². The van der Waals surface area contributed by atoms with Crippen LogP contribution in [0, 0.1) is 0 Å². The fourth-order valence-corrected chi connectivity index (χ4v) is 7.87. The average molecular weight is 690 g/mol. The number of benzene rings is 9. The Morgan fingerprint density at radius 1 is 0.315 bits per heavy atom. The van der Waals surface area contributed by atoms with E-state index in [1.54, 1.807) is 0 Å². The Hall–Kier alpha value is -7.16. The Morgan fingerprint density at radius 2 is 0.852 bits per heavy atom. The van der Waals surface area contributed by atoms with Crippen molar-refractivity contribution in [1.29, 1.82) is 0 Å². The predicted octanol–water partition coefficient (Wildman–Crippen LogP) is 14.9. The molecule has 2 heteroatoms. The van der Waals surface area contributed by atoms with Gasteiger partial charge in [0.1, 0.15) is 11.2 Å². The predicted molar refractivity (Wildman–Crippen MR) is 228 cm³/mol. The lowest BCUT2D eigenvalue weighted by Crippen LogP contribution is -2.11. The molecule has 0 amide bonds. The molecule has 0 aliphatic rings. The zero-order chi connectivity index (χ0) is 35.8. The van der Waals surface area contributed by atoms with Crippen LogP contribution < -0.4 is 4.90 Å². The first-order valence-electron chi connectivity index (χ1n) is 18.4. The van der Waals surface area contributed by atoms with Gasteiger partial charge in [0.15, 0.2) is 0 Å². The first kappa shape index (κ1) is 31.6. The van der Waals surface area contributed by atoms with E-state index in [-0.39, 0.29) is 0 Å². The van der Waals surface area contributed by atoms with Gasteiger partial charge in [0.05, 0.1) is 5.69 Å². The van der Waals surface area contributed by atoms with Crippen LogP contribution in [0.2, 0.25) is 0 Å². The van der Waals surface area contributed by atoms with Gasteiger partial charge in [0.25, 0.3) is 0 Å². The lowest BCUT2D eigenvalue weighted by molar-refractivity contribution is 0.670. The summed E-state index contributed by atoms with van der Waals surface area (Å²) in [6.45, 7) is 0. The van der Waals surface area contributed by atoms with Gasteiger partial charge in [-0.3, -0.25) is 0 Å². The molecule has 0 saturated heterocycles. The van der Waals surface area contributed by atoms with Crippen LogP contribution in [0.4, 0.5) is 17.1 Å². The third kappa shape index (κ3) is 5.62. The van der Waals surface area contributed by atoms with E-state index in [1.807, 2.05) is 12.1 Å². The maximum absolute atomic E-state index is 6.40. The summed E-state index contributed by atoms with van der Waals surface area (Å²) in [6.07, 6.45) is 0. The normalized spacial score (nSPS) is 11.3. The van der Waals surface area contributed by atoms with Crippen LogP contribution in [0.5, 0.6) is 0 Å². The van der Waals surface area contributed by atoms with Crippen molar-refractivity contribution >= 4 is 49.8 Å². The summed E-state index contributed by atoms with van der Waals surface area (Å²) in [5.41, 5.74) is 14.4. The van der Waals surface area contributed by atoms with E-state index in [0.717, 1.165) is 61.3 Å². The first-order chi connectivity index (χ1) is 26.8. The fraction of sp³-hybridized carbons (Fsp3) is 0. The van der Waals surface area contributed by atoms with Crippen molar-refractivity contribution in [2.75, 3.05) is 4.90 Å². The standard InChI is InChI=1S/C52H35NO/c1-2-13-38(14-3-1)46-20-6-8-25-50(46)53(43-33-29-39(30-34-43)45-22-11-16-37-15-4-5-19-44(37)45)42-31-27-36(28-32-42)40-17-10-18-41(35-40)47-23-12-24-49-48-21-7-9-26-51(48)54-52(47)49/h1-35H. The van der Waals surface area contributed by atoms with E-state index in [2.05, 4.69) is 205 Å². The molecule has 2 nitrogen and oxygen atoms in total. The molecular formula is C52H35NO.